The largest absolute Gasteiger partial charge is 0.357 e. The Morgan fingerprint density at radius 1 is 1.14 bits per heavy atom. The van der Waals surface area contributed by atoms with E-state index in [2.05, 4.69) is 0 Å². The highest BCUT2D eigenvalue weighted by molar-refractivity contribution is 6.57. The van der Waals surface area contributed by atoms with Crippen LogP contribution in [0.2, 0.25) is 13.1 Å². The summed E-state index contributed by atoms with van der Waals surface area (Å²) in [7, 11) is -2.36. The second kappa shape index (κ2) is 1.86. The first kappa shape index (κ1) is 7.01. The standard InChI is InChI=1S/C3H7F3Si/c1-7(2)3(4,5)6/h7H,1-2H3. The molecule has 0 radical (unpaired) electrons. The van der Waals surface area contributed by atoms with Crippen molar-refractivity contribution in [3.63, 3.8) is 0 Å². The van der Waals surface area contributed by atoms with Crippen molar-refractivity contribution in [3.05, 3.63) is 0 Å². The summed E-state index contributed by atoms with van der Waals surface area (Å²) in [5, 5.41) is 0. The summed E-state index contributed by atoms with van der Waals surface area (Å²) in [5.41, 5.74) is 0. The summed E-state index contributed by atoms with van der Waals surface area (Å²) in [6.45, 7) is 2.53. The number of hydrogen-bond acceptors (Lipinski definition) is 0. The maximum Gasteiger partial charge on any atom is 0.357 e. The number of rotatable bonds is 0. The molecular formula is C3H7F3Si. The minimum atomic E-state index is -3.86. The molecule has 0 saturated carbocycles. The maximum atomic E-state index is 11.2. The summed E-state index contributed by atoms with van der Waals surface area (Å²) < 4.78 is 33.7. The van der Waals surface area contributed by atoms with Crippen molar-refractivity contribution < 1.29 is 13.2 Å². The van der Waals surface area contributed by atoms with Gasteiger partial charge in [-0.05, 0) is 0 Å². The number of alkyl halides is 3. The van der Waals surface area contributed by atoms with Crippen molar-refractivity contribution in [2.75, 3.05) is 0 Å². The van der Waals surface area contributed by atoms with Gasteiger partial charge < -0.3 is 0 Å². The van der Waals surface area contributed by atoms with E-state index in [0.29, 0.717) is 0 Å². The molecule has 4 heteroatoms. The summed E-state index contributed by atoms with van der Waals surface area (Å²) >= 11 is 0. The van der Waals surface area contributed by atoms with Crippen molar-refractivity contribution >= 4 is 8.80 Å². The zero-order chi connectivity index (χ0) is 6.08. The monoisotopic (exact) mass is 128 g/mol. The van der Waals surface area contributed by atoms with Crippen LogP contribution >= 0.6 is 0 Å². The van der Waals surface area contributed by atoms with Gasteiger partial charge in [0.15, 0.2) is 8.80 Å². The summed E-state index contributed by atoms with van der Waals surface area (Å²) in [5.74, 6) is -3.86. The van der Waals surface area contributed by atoms with Crippen LogP contribution in [0.25, 0.3) is 0 Å². The van der Waals surface area contributed by atoms with Gasteiger partial charge in [0.1, 0.15) is 0 Å². The fourth-order valence-corrected chi connectivity index (χ4v) is 0. The molecule has 0 rings (SSSR count). The van der Waals surface area contributed by atoms with Crippen LogP contribution in [0, 0.1) is 0 Å². The zero-order valence-electron chi connectivity index (χ0n) is 4.21. The van der Waals surface area contributed by atoms with E-state index in [1.54, 1.807) is 0 Å². The van der Waals surface area contributed by atoms with Gasteiger partial charge in [0.25, 0.3) is 0 Å². The van der Waals surface area contributed by atoms with Crippen LogP contribution in [0.5, 0.6) is 0 Å². The van der Waals surface area contributed by atoms with Crippen molar-refractivity contribution in [1.29, 1.82) is 0 Å². The lowest BCUT2D eigenvalue weighted by atomic mass is 11.5. The van der Waals surface area contributed by atoms with E-state index in [9.17, 15) is 13.2 Å². The third-order valence-electron chi connectivity index (χ3n) is 0.655. The van der Waals surface area contributed by atoms with Crippen LogP contribution in [-0.4, -0.2) is 14.6 Å². The molecule has 0 N–H and O–H groups in total. The number of halogens is 3. The molecule has 0 amide bonds. The van der Waals surface area contributed by atoms with Gasteiger partial charge in [-0.1, -0.05) is 13.1 Å². The molecule has 0 bridgehead atoms. The number of hydrogen-bond donors (Lipinski definition) is 0. The molecule has 0 fully saturated rings. The highest BCUT2D eigenvalue weighted by Gasteiger charge is 2.32. The minimum absolute atomic E-state index is 1.26. The smallest absolute Gasteiger partial charge is 0.177 e. The zero-order valence-corrected chi connectivity index (χ0v) is 5.37. The van der Waals surface area contributed by atoms with Gasteiger partial charge >= 0.3 is 5.80 Å². The average Bonchev–Trinajstić information content (AvgIpc) is 1.31. The molecule has 0 spiro atoms. The lowest BCUT2D eigenvalue weighted by molar-refractivity contribution is -0.0505. The third kappa shape index (κ3) is 2.67. The SMILES string of the molecule is C[SiH](C)C(F)(F)F. The molecule has 0 aromatic carbocycles. The summed E-state index contributed by atoms with van der Waals surface area (Å²) in [6, 6.07) is 0. The van der Waals surface area contributed by atoms with Crippen LogP contribution in [0.3, 0.4) is 0 Å². The lowest BCUT2D eigenvalue weighted by Crippen LogP contribution is -2.26. The molecule has 44 valence electrons. The minimum Gasteiger partial charge on any atom is -0.177 e. The fourth-order valence-electron chi connectivity index (χ4n) is 0. The van der Waals surface area contributed by atoms with E-state index < -0.39 is 14.6 Å². The molecule has 0 atom stereocenters. The maximum absolute atomic E-state index is 11.2. The van der Waals surface area contributed by atoms with Gasteiger partial charge in [-0.25, -0.2) is 0 Å². The normalized spacial score (nSPS) is 12.9. The first-order chi connectivity index (χ1) is 2.94. The molecule has 0 unspecified atom stereocenters. The fraction of sp³-hybridized carbons (Fsp3) is 1.00. The third-order valence-corrected chi connectivity index (χ3v) is 1.96. The highest BCUT2D eigenvalue weighted by atomic mass is 28.3. The van der Waals surface area contributed by atoms with Crippen LogP contribution in [0.1, 0.15) is 0 Å². The van der Waals surface area contributed by atoms with Gasteiger partial charge in [0.2, 0.25) is 0 Å². The van der Waals surface area contributed by atoms with Crippen molar-refractivity contribution in [1.82, 2.24) is 0 Å². The van der Waals surface area contributed by atoms with Crippen LogP contribution in [0.15, 0.2) is 0 Å². The average molecular weight is 128 g/mol. The van der Waals surface area contributed by atoms with E-state index >= 15 is 0 Å². The second-order valence-corrected chi connectivity index (χ2v) is 4.66. The Bertz CT molecular complexity index is 55.7. The Kier molecular flexibility index (Phi) is 1.86. The van der Waals surface area contributed by atoms with E-state index in [4.69, 9.17) is 0 Å². The van der Waals surface area contributed by atoms with Gasteiger partial charge in [-0.3, -0.25) is 0 Å². The Morgan fingerprint density at radius 3 is 1.29 bits per heavy atom. The second-order valence-electron chi connectivity index (χ2n) is 1.70. The van der Waals surface area contributed by atoms with Crippen LogP contribution in [-0.2, 0) is 0 Å². The lowest BCUT2D eigenvalue weighted by Gasteiger charge is -2.06. The molecular weight excluding hydrogens is 121 g/mol. The van der Waals surface area contributed by atoms with Gasteiger partial charge in [-0.2, -0.15) is 13.2 Å². The first-order valence-corrected chi connectivity index (χ1v) is 4.90. The summed E-state index contributed by atoms with van der Waals surface area (Å²) in [6.07, 6.45) is 0. The predicted molar refractivity (Wildman–Crippen MR) is 24.9 cm³/mol. The molecule has 0 aliphatic rings. The quantitative estimate of drug-likeness (QED) is 0.434. The molecule has 0 heterocycles. The molecule has 0 aliphatic heterocycles. The predicted octanol–water partition coefficient (Wildman–Crippen LogP) is 1.57. The van der Waals surface area contributed by atoms with E-state index in [1.807, 2.05) is 0 Å². The molecule has 0 aromatic heterocycles. The topological polar surface area (TPSA) is 0 Å². The van der Waals surface area contributed by atoms with Gasteiger partial charge in [0, 0.05) is 0 Å². The Hall–Kier alpha value is 0.00688. The molecule has 0 aromatic rings. The van der Waals surface area contributed by atoms with E-state index in [1.165, 1.54) is 13.1 Å². The van der Waals surface area contributed by atoms with Crippen molar-refractivity contribution in [2.45, 2.75) is 18.9 Å². The highest BCUT2D eigenvalue weighted by Crippen LogP contribution is 2.17. The molecule has 0 nitrogen and oxygen atoms in total. The molecule has 7 heavy (non-hydrogen) atoms. The molecule has 0 aliphatic carbocycles. The van der Waals surface area contributed by atoms with Crippen molar-refractivity contribution in [3.8, 4) is 0 Å². The van der Waals surface area contributed by atoms with Gasteiger partial charge in [-0.15, -0.1) is 0 Å². The Morgan fingerprint density at radius 2 is 1.29 bits per heavy atom. The van der Waals surface area contributed by atoms with Gasteiger partial charge in [0.05, 0.1) is 0 Å². The van der Waals surface area contributed by atoms with E-state index in [0.717, 1.165) is 0 Å². The summed E-state index contributed by atoms with van der Waals surface area (Å²) in [4.78, 5) is 0. The Labute approximate surface area is 41.9 Å². The van der Waals surface area contributed by atoms with Crippen LogP contribution < -0.4 is 0 Å². The first-order valence-electron chi connectivity index (χ1n) is 2.01. The Balaban J connectivity index is 3.54. The molecule has 0 saturated heterocycles. The van der Waals surface area contributed by atoms with Crippen molar-refractivity contribution in [2.24, 2.45) is 0 Å². The van der Waals surface area contributed by atoms with Crippen LogP contribution in [0.4, 0.5) is 13.2 Å². The van der Waals surface area contributed by atoms with E-state index in [-0.39, 0.29) is 0 Å².